The number of fused-ring (bicyclic) bond motifs is 2. The molecule has 4 rings (SSSR count). The molecule has 1 amide bonds. The largest absolute Gasteiger partial charge is 0.467 e. The van der Waals surface area contributed by atoms with E-state index in [0.29, 0.717) is 4.90 Å². The quantitative estimate of drug-likeness (QED) is 0.518. The van der Waals surface area contributed by atoms with Gasteiger partial charge in [-0.2, -0.15) is 0 Å². The lowest BCUT2D eigenvalue weighted by Gasteiger charge is -2.35. The van der Waals surface area contributed by atoms with Gasteiger partial charge in [0.05, 0.1) is 23.4 Å². The summed E-state index contributed by atoms with van der Waals surface area (Å²) in [5, 5.41) is 2.75. The summed E-state index contributed by atoms with van der Waals surface area (Å²) < 4.78 is 29.1. The summed E-state index contributed by atoms with van der Waals surface area (Å²) in [4.78, 5) is 31.2. The number of nitrogens with zero attached hydrogens (tertiary/aromatic N) is 2. The number of piperidine rings is 1. The molecule has 36 heavy (non-hydrogen) atoms. The molecule has 2 aromatic carbocycles. The van der Waals surface area contributed by atoms with Gasteiger partial charge in [0.2, 0.25) is 5.91 Å². The van der Waals surface area contributed by atoms with Crippen molar-refractivity contribution in [1.82, 2.24) is 10.2 Å². The third kappa shape index (κ3) is 6.04. The number of nitrogens with one attached hydrogen (secondary N) is 1. The van der Waals surface area contributed by atoms with Gasteiger partial charge in [-0.05, 0) is 76.2 Å². The Hall–Kier alpha value is -2.56. The third-order valence-corrected chi connectivity index (χ3v) is 8.99. The van der Waals surface area contributed by atoms with Gasteiger partial charge in [-0.1, -0.05) is 23.9 Å². The van der Waals surface area contributed by atoms with E-state index in [9.17, 15) is 18.0 Å². The van der Waals surface area contributed by atoms with E-state index in [4.69, 9.17) is 0 Å². The summed E-state index contributed by atoms with van der Waals surface area (Å²) in [6.07, 6.45) is 3.65. The second kappa shape index (κ2) is 11.2. The molecule has 2 aliphatic heterocycles. The standard InChI is InChI=1S/C26H33N3O5S2/c1-18(26(31)34-2)27-25(30)19-11-15-28(16-12-19)13-6-14-29-21-7-4-5-8-23(21)35-24-10-9-20(17-22(24)29)36(3,32)33/h4-5,7-10,17-19H,6,11-16H2,1-3H3,(H,27,30). The van der Waals surface area contributed by atoms with Crippen molar-refractivity contribution in [2.24, 2.45) is 5.92 Å². The number of rotatable bonds is 8. The normalized spacial score (nSPS) is 17.1. The van der Waals surface area contributed by atoms with Crippen molar-refractivity contribution in [3.05, 3.63) is 42.5 Å². The van der Waals surface area contributed by atoms with Crippen molar-refractivity contribution in [2.75, 3.05) is 44.4 Å². The summed E-state index contributed by atoms with van der Waals surface area (Å²) in [6, 6.07) is 12.9. The molecule has 0 aromatic heterocycles. The zero-order valence-electron chi connectivity index (χ0n) is 20.9. The molecule has 8 nitrogen and oxygen atoms in total. The van der Waals surface area contributed by atoms with Crippen LogP contribution in [0.5, 0.6) is 0 Å². The summed E-state index contributed by atoms with van der Waals surface area (Å²) in [7, 11) is -1.99. The smallest absolute Gasteiger partial charge is 0.328 e. The van der Waals surface area contributed by atoms with Crippen LogP contribution in [0, 0.1) is 5.92 Å². The molecule has 2 heterocycles. The maximum atomic E-state index is 12.5. The monoisotopic (exact) mass is 531 g/mol. The van der Waals surface area contributed by atoms with Gasteiger partial charge < -0.3 is 19.9 Å². The van der Waals surface area contributed by atoms with E-state index in [2.05, 4.69) is 32.0 Å². The van der Waals surface area contributed by atoms with Crippen LogP contribution in [-0.2, 0) is 24.2 Å². The number of ether oxygens (including phenoxy) is 1. The van der Waals surface area contributed by atoms with Crippen molar-refractivity contribution < 1.29 is 22.7 Å². The van der Waals surface area contributed by atoms with Gasteiger partial charge in [0.15, 0.2) is 9.84 Å². The molecule has 2 aliphatic rings. The number of hydrogen-bond acceptors (Lipinski definition) is 8. The molecule has 1 atom stereocenters. The van der Waals surface area contributed by atoms with E-state index in [1.54, 1.807) is 30.8 Å². The number of esters is 1. The van der Waals surface area contributed by atoms with Crippen LogP contribution in [0.3, 0.4) is 0 Å². The van der Waals surface area contributed by atoms with Gasteiger partial charge in [0.25, 0.3) is 0 Å². The van der Waals surface area contributed by atoms with E-state index in [1.165, 1.54) is 13.4 Å². The second-order valence-electron chi connectivity index (χ2n) is 9.35. The topological polar surface area (TPSA) is 96.0 Å². The van der Waals surface area contributed by atoms with Crippen molar-refractivity contribution >= 4 is 44.9 Å². The minimum atomic E-state index is -3.30. The predicted molar refractivity (Wildman–Crippen MR) is 141 cm³/mol. The lowest BCUT2D eigenvalue weighted by Crippen LogP contribution is -2.46. The average Bonchev–Trinajstić information content (AvgIpc) is 2.87. The molecule has 0 radical (unpaired) electrons. The third-order valence-electron chi connectivity index (χ3n) is 6.75. The van der Waals surface area contributed by atoms with Gasteiger partial charge in [-0.25, -0.2) is 13.2 Å². The molecule has 0 saturated carbocycles. The fraction of sp³-hybridized carbons (Fsp3) is 0.462. The summed E-state index contributed by atoms with van der Waals surface area (Å²) in [5.41, 5.74) is 2.02. The Labute approximate surface area is 217 Å². The van der Waals surface area contributed by atoms with Crippen molar-refractivity contribution in [3.63, 3.8) is 0 Å². The Kier molecular flexibility index (Phi) is 8.27. The number of amides is 1. The number of sulfone groups is 1. The van der Waals surface area contributed by atoms with Crippen molar-refractivity contribution in [3.8, 4) is 0 Å². The van der Waals surface area contributed by atoms with Crippen LogP contribution in [0.15, 0.2) is 57.2 Å². The maximum Gasteiger partial charge on any atom is 0.328 e. The van der Waals surface area contributed by atoms with Crippen LogP contribution in [0.1, 0.15) is 26.2 Å². The highest BCUT2D eigenvalue weighted by atomic mass is 32.2. The predicted octanol–water partition coefficient (Wildman–Crippen LogP) is 3.47. The lowest BCUT2D eigenvalue weighted by atomic mass is 9.95. The number of anilines is 2. The highest BCUT2D eigenvalue weighted by Gasteiger charge is 2.28. The number of carbonyl (C=O) groups is 2. The molecule has 1 saturated heterocycles. The summed E-state index contributed by atoms with van der Waals surface area (Å²) >= 11 is 1.66. The number of methoxy groups -OCH3 is 1. The van der Waals surface area contributed by atoms with Crippen LogP contribution >= 0.6 is 11.8 Å². The van der Waals surface area contributed by atoms with E-state index >= 15 is 0 Å². The lowest BCUT2D eigenvalue weighted by molar-refractivity contribution is -0.145. The minimum Gasteiger partial charge on any atom is -0.467 e. The first-order valence-electron chi connectivity index (χ1n) is 12.2. The first-order valence-corrected chi connectivity index (χ1v) is 14.9. The zero-order valence-corrected chi connectivity index (χ0v) is 22.5. The van der Waals surface area contributed by atoms with Crippen molar-refractivity contribution in [1.29, 1.82) is 0 Å². The van der Waals surface area contributed by atoms with Crippen LogP contribution in [-0.4, -0.2) is 70.8 Å². The second-order valence-corrected chi connectivity index (χ2v) is 12.4. The average molecular weight is 532 g/mol. The first kappa shape index (κ1) is 26.5. The molecular weight excluding hydrogens is 498 g/mol. The highest BCUT2D eigenvalue weighted by molar-refractivity contribution is 7.99. The van der Waals surface area contributed by atoms with E-state index in [0.717, 1.165) is 66.6 Å². The Morgan fingerprint density at radius 1 is 1.08 bits per heavy atom. The SMILES string of the molecule is COC(=O)C(C)NC(=O)C1CCN(CCCN2c3ccccc3Sc3ccc(S(C)(=O)=O)cc32)CC1. The van der Waals surface area contributed by atoms with Gasteiger partial charge in [0, 0.05) is 28.5 Å². The van der Waals surface area contributed by atoms with Crippen LogP contribution in [0.2, 0.25) is 0 Å². The number of para-hydroxylation sites is 1. The maximum absolute atomic E-state index is 12.5. The molecule has 10 heteroatoms. The Morgan fingerprint density at radius 2 is 1.78 bits per heavy atom. The zero-order chi connectivity index (χ0) is 25.9. The molecule has 1 N–H and O–H groups in total. The molecule has 0 bridgehead atoms. The van der Waals surface area contributed by atoms with Gasteiger partial charge >= 0.3 is 5.97 Å². The Balaban J connectivity index is 1.36. The molecule has 0 spiro atoms. The van der Waals surface area contributed by atoms with Crippen molar-refractivity contribution in [2.45, 2.75) is 46.9 Å². The number of benzene rings is 2. The fourth-order valence-corrected chi connectivity index (χ4v) is 6.44. The Morgan fingerprint density at radius 3 is 2.47 bits per heavy atom. The van der Waals surface area contributed by atoms with E-state index in [-0.39, 0.29) is 11.8 Å². The van der Waals surface area contributed by atoms with Gasteiger partial charge in [-0.15, -0.1) is 0 Å². The fourth-order valence-electron chi connectivity index (χ4n) is 4.72. The van der Waals surface area contributed by atoms with E-state index < -0.39 is 21.8 Å². The van der Waals surface area contributed by atoms with E-state index in [1.807, 2.05) is 18.2 Å². The molecule has 1 unspecified atom stereocenters. The Bertz CT molecular complexity index is 1230. The first-order chi connectivity index (χ1) is 17.2. The van der Waals surface area contributed by atoms with Crippen LogP contribution in [0.25, 0.3) is 0 Å². The molecule has 2 aromatic rings. The van der Waals surface area contributed by atoms with Crippen LogP contribution in [0.4, 0.5) is 11.4 Å². The highest BCUT2D eigenvalue weighted by Crippen LogP contribution is 2.48. The number of likely N-dealkylation sites (tertiary alicyclic amines) is 1. The molecular formula is C26H33N3O5S2. The van der Waals surface area contributed by atoms with Gasteiger partial charge in [-0.3, -0.25) is 4.79 Å². The number of hydrogen-bond donors (Lipinski definition) is 1. The minimum absolute atomic E-state index is 0.0896. The van der Waals surface area contributed by atoms with Gasteiger partial charge in [0.1, 0.15) is 6.04 Å². The summed E-state index contributed by atoms with van der Waals surface area (Å²) in [6.45, 7) is 4.93. The van der Waals surface area contributed by atoms with Crippen LogP contribution < -0.4 is 10.2 Å². The summed E-state index contributed by atoms with van der Waals surface area (Å²) in [5.74, 6) is -0.627. The number of carbonyl (C=O) groups excluding carboxylic acids is 2. The molecule has 0 aliphatic carbocycles. The molecule has 194 valence electrons. The molecule has 1 fully saturated rings.